The Morgan fingerprint density at radius 1 is 1.11 bits per heavy atom. The van der Waals surface area contributed by atoms with E-state index in [0.29, 0.717) is 18.2 Å². The van der Waals surface area contributed by atoms with Crippen molar-refractivity contribution in [1.82, 2.24) is 5.32 Å². The summed E-state index contributed by atoms with van der Waals surface area (Å²) in [6, 6.07) is 1.23. The fraction of sp³-hybridized carbons (Fsp3) is 1.00. The Bertz CT molecular complexity index is 297. The minimum Gasteiger partial charge on any atom is -0.393 e. The van der Waals surface area contributed by atoms with Crippen molar-refractivity contribution >= 4 is 0 Å². The van der Waals surface area contributed by atoms with Crippen LogP contribution in [0.5, 0.6) is 0 Å². The van der Waals surface area contributed by atoms with Gasteiger partial charge in [-0.2, -0.15) is 0 Å². The van der Waals surface area contributed by atoms with Gasteiger partial charge in [-0.05, 0) is 38.5 Å². The molecule has 3 aliphatic rings. The lowest BCUT2D eigenvalue weighted by molar-refractivity contribution is -0.195. The van der Waals surface area contributed by atoms with Crippen molar-refractivity contribution in [2.45, 2.75) is 76.7 Å². The van der Waals surface area contributed by atoms with Gasteiger partial charge in [0.15, 0.2) is 0 Å². The number of aliphatic hydroxyl groups is 1. The highest BCUT2D eigenvalue weighted by Crippen LogP contribution is 2.51. The smallest absolute Gasteiger partial charge is 0.0684 e. The molecule has 3 atom stereocenters. The van der Waals surface area contributed by atoms with E-state index < -0.39 is 0 Å². The van der Waals surface area contributed by atoms with Gasteiger partial charge >= 0.3 is 0 Å². The number of hydrogen-bond donors (Lipinski definition) is 2. The van der Waals surface area contributed by atoms with Gasteiger partial charge in [-0.15, -0.1) is 0 Å². The van der Waals surface area contributed by atoms with Gasteiger partial charge in [0, 0.05) is 30.0 Å². The molecule has 2 saturated carbocycles. The zero-order chi connectivity index (χ0) is 12.8. The molecule has 3 unspecified atom stereocenters. The molecule has 2 aliphatic carbocycles. The molecule has 2 N–H and O–H groups in total. The highest BCUT2D eigenvalue weighted by Gasteiger charge is 2.58. The summed E-state index contributed by atoms with van der Waals surface area (Å²) in [6.45, 7) is 5.64. The van der Waals surface area contributed by atoms with Gasteiger partial charge in [-0.25, -0.2) is 0 Å². The second kappa shape index (κ2) is 4.77. The third-order valence-electron chi connectivity index (χ3n) is 5.44. The quantitative estimate of drug-likeness (QED) is 0.792. The van der Waals surface area contributed by atoms with Crippen molar-refractivity contribution in [1.29, 1.82) is 0 Å². The summed E-state index contributed by atoms with van der Waals surface area (Å²) in [5, 5.41) is 13.4. The number of fused-ring (bicyclic) bond motifs is 1. The second-order valence-electron chi connectivity index (χ2n) is 7.07. The maximum absolute atomic E-state index is 9.57. The van der Waals surface area contributed by atoms with Gasteiger partial charge in [-0.1, -0.05) is 13.8 Å². The van der Waals surface area contributed by atoms with Crippen LogP contribution in [0.2, 0.25) is 0 Å². The van der Waals surface area contributed by atoms with E-state index >= 15 is 0 Å². The van der Waals surface area contributed by atoms with Crippen LogP contribution < -0.4 is 5.32 Å². The Morgan fingerprint density at radius 2 is 1.83 bits per heavy atom. The Hall–Kier alpha value is -0.120. The lowest BCUT2D eigenvalue weighted by Crippen LogP contribution is -2.70. The first kappa shape index (κ1) is 12.9. The van der Waals surface area contributed by atoms with Crippen LogP contribution in [0.4, 0.5) is 0 Å². The van der Waals surface area contributed by atoms with E-state index in [4.69, 9.17) is 4.74 Å². The van der Waals surface area contributed by atoms with Gasteiger partial charge in [-0.3, -0.25) is 0 Å². The van der Waals surface area contributed by atoms with Crippen LogP contribution in [0.3, 0.4) is 0 Å². The van der Waals surface area contributed by atoms with Crippen LogP contribution in [0, 0.1) is 11.3 Å². The third-order valence-corrected chi connectivity index (χ3v) is 5.44. The Labute approximate surface area is 110 Å². The summed E-state index contributed by atoms with van der Waals surface area (Å²) in [7, 11) is 0. The molecule has 0 radical (unpaired) electrons. The molecule has 0 amide bonds. The molecule has 0 bridgehead atoms. The number of rotatable bonds is 2. The van der Waals surface area contributed by atoms with Crippen molar-refractivity contribution in [3.8, 4) is 0 Å². The average molecular weight is 253 g/mol. The van der Waals surface area contributed by atoms with Gasteiger partial charge in [0.05, 0.1) is 12.2 Å². The molecule has 0 aromatic heterocycles. The molecule has 1 heterocycles. The zero-order valence-corrected chi connectivity index (χ0v) is 11.7. The van der Waals surface area contributed by atoms with E-state index in [1.165, 1.54) is 12.8 Å². The van der Waals surface area contributed by atoms with Gasteiger partial charge < -0.3 is 15.2 Å². The molecule has 18 heavy (non-hydrogen) atoms. The number of ether oxygens (including phenoxy) is 1. The first-order chi connectivity index (χ1) is 8.59. The number of nitrogens with one attached hydrogen (secondary N) is 1. The monoisotopic (exact) mass is 253 g/mol. The molecular weight excluding hydrogens is 226 g/mol. The average Bonchev–Trinajstić information content (AvgIpc) is 2.38. The summed E-state index contributed by atoms with van der Waals surface area (Å²) in [5.41, 5.74) is 0.279. The summed E-state index contributed by atoms with van der Waals surface area (Å²) in [5.74, 6) is 0.723. The van der Waals surface area contributed by atoms with Crippen molar-refractivity contribution in [3.63, 3.8) is 0 Å². The molecule has 104 valence electrons. The molecule has 0 spiro atoms. The second-order valence-corrected chi connectivity index (χ2v) is 7.07. The minimum absolute atomic E-state index is 0.0526. The van der Waals surface area contributed by atoms with Gasteiger partial charge in [0.2, 0.25) is 0 Å². The highest BCUT2D eigenvalue weighted by atomic mass is 16.5. The van der Waals surface area contributed by atoms with Crippen LogP contribution in [-0.4, -0.2) is 36.0 Å². The molecule has 3 rings (SSSR count). The van der Waals surface area contributed by atoms with Crippen molar-refractivity contribution < 1.29 is 9.84 Å². The van der Waals surface area contributed by atoms with Crippen LogP contribution in [-0.2, 0) is 4.74 Å². The van der Waals surface area contributed by atoms with E-state index in [9.17, 15) is 5.11 Å². The molecule has 3 fully saturated rings. The van der Waals surface area contributed by atoms with Gasteiger partial charge in [0.1, 0.15) is 0 Å². The zero-order valence-electron chi connectivity index (χ0n) is 11.7. The van der Waals surface area contributed by atoms with Crippen molar-refractivity contribution in [3.05, 3.63) is 0 Å². The van der Waals surface area contributed by atoms with Crippen LogP contribution in [0.15, 0.2) is 0 Å². The molecule has 0 aromatic carbocycles. The number of aliphatic hydroxyl groups excluding tert-OH is 1. The molecule has 1 saturated heterocycles. The summed E-state index contributed by atoms with van der Waals surface area (Å²) >= 11 is 0. The normalized spacial score (nSPS) is 47.2. The minimum atomic E-state index is -0.0526. The van der Waals surface area contributed by atoms with E-state index in [1.807, 2.05) is 0 Å². The van der Waals surface area contributed by atoms with Crippen molar-refractivity contribution in [2.24, 2.45) is 11.3 Å². The van der Waals surface area contributed by atoms with E-state index in [2.05, 4.69) is 19.2 Å². The van der Waals surface area contributed by atoms with Crippen LogP contribution in [0.25, 0.3) is 0 Å². The Morgan fingerprint density at radius 3 is 2.56 bits per heavy atom. The highest BCUT2D eigenvalue weighted by molar-refractivity contribution is 5.11. The maximum atomic E-state index is 9.57. The van der Waals surface area contributed by atoms with Gasteiger partial charge in [0.25, 0.3) is 0 Å². The first-order valence-corrected chi connectivity index (χ1v) is 7.65. The SMILES string of the molecule is CC1(C)C(NC2CCC(O)CC2)C2CCCOC21. The third kappa shape index (κ3) is 2.10. The maximum Gasteiger partial charge on any atom is 0.0684 e. The predicted octanol–water partition coefficient (Wildman–Crippen LogP) is 2.08. The first-order valence-electron chi connectivity index (χ1n) is 7.65. The van der Waals surface area contributed by atoms with E-state index in [-0.39, 0.29) is 11.5 Å². The van der Waals surface area contributed by atoms with Crippen molar-refractivity contribution in [2.75, 3.05) is 6.61 Å². The molecular formula is C15H27NO2. The molecule has 1 aliphatic heterocycles. The lowest BCUT2D eigenvalue weighted by Gasteiger charge is -2.61. The Balaban J connectivity index is 1.59. The predicted molar refractivity (Wildman–Crippen MR) is 71.4 cm³/mol. The molecule has 3 heteroatoms. The standard InChI is InChI=1S/C15H27NO2/c1-15(2)13(12-4-3-9-18-14(12)15)16-10-5-7-11(17)8-6-10/h10-14,16-17H,3-9H2,1-2H3. The fourth-order valence-electron chi connectivity index (χ4n) is 4.36. The van der Waals surface area contributed by atoms with Crippen LogP contribution in [0.1, 0.15) is 52.4 Å². The van der Waals surface area contributed by atoms with E-state index in [1.54, 1.807) is 0 Å². The summed E-state index contributed by atoms with van der Waals surface area (Å²) in [6.07, 6.45) is 7.16. The largest absolute Gasteiger partial charge is 0.393 e. The lowest BCUT2D eigenvalue weighted by atomic mass is 9.55. The number of hydrogen-bond acceptors (Lipinski definition) is 3. The van der Waals surface area contributed by atoms with E-state index in [0.717, 1.165) is 38.2 Å². The van der Waals surface area contributed by atoms with Crippen LogP contribution >= 0.6 is 0 Å². The fourth-order valence-corrected chi connectivity index (χ4v) is 4.36. The summed E-state index contributed by atoms with van der Waals surface area (Å²) < 4.78 is 5.95. The molecule has 0 aromatic rings. The molecule has 3 nitrogen and oxygen atoms in total. The summed E-state index contributed by atoms with van der Waals surface area (Å²) in [4.78, 5) is 0. The topological polar surface area (TPSA) is 41.5 Å². The Kier molecular flexibility index (Phi) is 3.41.